The predicted octanol–water partition coefficient (Wildman–Crippen LogP) is -0.0610. The van der Waals surface area contributed by atoms with Gasteiger partial charge in [0.25, 0.3) is 0 Å². The Labute approximate surface area is 123 Å². The molecule has 3 N–H and O–H groups in total. The highest BCUT2D eigenvalue weighted by Crippen LogP contribution is 2.79. The van der Waals surface area contributed by atoms with Gasteiger partial charge in [0.2, 0.25) is 0 Å². The Balaban J connectivity index is 2.05. The van der Waals surface area contributed by atoms with Gasteiger partial charge >= 0.3 is 5.97 Å². The van der Waals surface area contributed by atoms with E-state index in [0.29, 0.717) is 6.42 Å². The molecule has 4 rings (SSSR count). The van der Waals surface area contributed by atoms with E-state index in [1.807, 2.05) is 6.92 Å². The monoisotopic (exact) mass is 298 g/mol. The zero-order valence-electron chi connectivity index (χ0n) is 12.5. The number of cyclic esters (lactones) is 1. The molecular weight excluding hydrogens is 276 g/mol. The van der Waals surface area contributed by atoms with Crippen LogP contribution in [0.15, 0.2) is 0 Å². The molecule has 0 aromatic rings. The summed E-state index contributed by atoms with van der Waals surface area (Å²) in [6, 6.07) is 0. The van der Waals surface area contributed by atoms with E-state index < -0.39 is 33.9 Å². The first kappa shape index (κ1) is 13.9. The fraction of sp³-hybridized carbons (Fsp3) is 0.933. The Morgan fingerprint density at radius 1 is 1.29 bits per heavy atom. The first-order valence-corrected chi connectivity index (χ1v) is 7.55. The molecule has 3 aliphatic heterocycles. The van der Waals surface area contributed by atoms with Gasteiger partial charge in [-0.2, -0.15) is 0 Å². The first-order chi connectivity index (χ1) is 9.56. The van der Waals surface area contributed by atoms with Crippen molar-refractivity contribution >= 4 is 5.97 Å². The van der Waals surface area contributed by atoms with Crippen molar-refractivity contribution in [3.8, 4) is 0 Å². The molecule has 2 bridgehead atoms. The number of carbonyl (C=O) groups excluding carboxylic acids is 1. The number of rotatable bonds is 0. The van der Waals surface area contributed by atoms with Gasteiger partial charge in [-0.1, -0.05) is 13.8 Å². The Hall–Kier alpha value is -0.690. The third kappa shape index (κ3) is 1.05. The molecule has 0 aromatic heterocycles. The van der Waals surface area contributed by atoms with Crippen LogP contribution in [0.1, 0.15) is 40.0 Å². The molecule has 1 saturated carbocycles. The van der Waals surface area contributed by atoms with Crippen molar-refractivity contribution in [3.05, 3.63) is 0 Å². The van der Waals surface area contributed by atoms with Crippen molar-refractivity contribution in [2.24, 2.45) is 16.7 Å². The Morgan fingerprint density at radius 3 is 2.62 bits per heavy atom. The van der Waals surface area contributed by atoms with Gasteiger partial charge in [0.15, 0.2) is 5.79 Å². The van der Waals surface area contributed by atoms with Crippen molar-refractivity contribution in [2.45, 2.75) is 63.1 Å². The van der Waals surface area contributed by atoms with Crippen LogP contribution in [-0.4, -0.2) is 51.0 Å². The SMILES string of the molecule is C[C@@H]1C[C@H](O)[C@@]23O[C@@]4(O)C[C@@]12CC(=O)OC[C@]3(C)[C@@]4(C)O. The fourth-order valence-corrected chi connectivity index (χ4v) is 5.87. The van der Waals surface area contributed by atoms with Gasteiger partial charge in [0.05, 0.1) is 17.9 Å². The molecule has 0 radical (unpaired) electrons. The van der Waals surface area contributed by atoms with E-state index in [0.717, 1.165) is 0 Å². The second kappa shape index (κ2) is 3.30. The highest BCUT2D eigenvalue weighted by atomic mass is 16.7. The van der Waals surface area contributed by atoms with Gasteiger partial charge in [-0.05, 0) is 19.3 Å². The van der Waals surface area contributed by atoms with E-state index >= 15 is 0 Å². The van der Waals surface area contributed by atoms with Crippen molar-refractivity contribution in [3.63, 3.8) is 0 Å². The average Bonchev–Trinajstić information content (AvgIpc) is 2.78. The van der Waals surface area contributed by atoms with Gasteiger partial charge < -0.3 is 24.8 Å². The molecule has 118 valence electrons. The molecule has 0 unspecified atom stereocenters. The molecule has 0 amide bonds. The summed E-state index contributed by atoms with van der Waals surface area (Å²) in [6.07, 6.45) is -0.0838. The zero-order chi connectivity index (χ0) is 15.5. The minimum absolute atomic E-state index is 0.00241. The number of ether oxygens (including phenoxy) is 2. The van der Waals surface area contributed by atoms with Crippen LogP contribution in [0.3, 0.4) is 0 Å². The largest absolute Gasteiger partial charge is 0.465 e. The molecule has 6 nitrogen and oxygen atoms in total. The lowest BCUT2D eigenvalue weighted by molar-refractivity contribution is -0.258. The second-order valence-corrected chi connectivity index (χ2v) is 7.85. The number of fused-ring (bicyclic) bond motifs is 1. The Morgan fingerprint density at radius 2 is 1.95 bits per heavy atom. The molecule has 3 saturated heterocycles. The molecular formula is C15H22O6. The minimum Gasteiger partial charge on any atom is -0.465 e. The van der Waals surface area contributed by atoms with Crippen LogP contribution in [0.2, 0.25) is 0 Å². The molecule has 21 heavy (non-hydrogen) atoms. The van der Waals surface area contributed by atoms with Crippen molar-refractivity contribution in [1.82, 2.24) is 0 Å². The lowest BCUT2D eigenvalue weighted by Crippen LogP contribution is -2.70. The van der Waals surface area contributed by atoms with E-state index in [4.69, 9.17) is 9.47 Å². The lowest BCUT2D eigenvalue weighted by atomic mass is 9.47. The maximum atomic E-state index is 12.1. The highest BCUT2D eigenvalue weighted by molar-refractivity contribution is 5.72. The van der Waals surface area contributed by atoms with Crippen molar-refractivity contribution < 1.29 is 29.6 Å². The Kier molecular flexibility index (Phi) is 2.19. The van der Waals surface area contributed by atoms with Crippen LogP contribution in [0, 0.1) is 16.7 Å². The van der Waals surface area contributed by atoms with Gasteiger partial charge in [0.1, 0.15) is 17.8 Å². The van der Waals surface area contributed by atoms with E-state index in [-0.39, 0.29) is 31.3 Å². The molecule has 1 spiro atoms. The highest BCUT2D eigenvalue weighted by Gasteiger charge is 2.91. The maximum absolute atomic E-state index is 12.1. The second-order valence-electron chi connectivity index (χ2n) is 7.85. The molecule has 4 aliphatic rings. The topological polar surface area (TPSA) is 96.2 Å². The number of carbonyl (C=O) groups is 1. The summed E-state index contributed by atoms with van der Waals surface area (Å²) in [5, 5.41) is 32.7. The van der Waals surface area contributed by atoms with Gasteiger partial charge in [-0.25, -0.2) is 0 Å². The summed E-state index contributed by atoms with van der Waals surface area (Å²) in [5.74, 6) is -2.11. The summed E-state index contributed by atoms with van der Waals surface area (Å²) in [7, 11) is 0. The minimum atomic E-state index is -1.76. The average molecular weight is 298 g/mol. The maximum Gasteiger partial charge on any atom is 0.306 e. The summed E-state index contributed by atoms with van der Waals surface area (Å²) in [5.41, 5.74) is -4.49. The normalized spacial score (nSPS) is 65.1. The zero-order valence-corrected chi connectivity index (χ0v) is 12.5. The molecule has 3 heterocycles. The Bertz CT molecular complexity index is 546. The van der Waals surface area contributed by atoms with Crippen molar-refractivity contribution in [1.29, 1.82) is 0 Å². The van der Waals surface area contributed by atoms with Crippen molar-refractivity contribution in [2.75, 3.05) is 6.61 Å². The van der Waals surface area contributed by atoms with Crippen LogP contribution < -0.4 is 0 Å². The number of aliphatic hydroxyl groups excluding tert-OH is 1. The molecule has 6 heteroatoms. The lowest BCUT2D eigenvalue weighted by Gasteiger charge is -2.55. The number of hydrogen-bond donors (Lipinski definition) is 3. The van der Waals surface area contributed by atoms with E-state index in [2.05, 4.69) is 0 Å². The van der Waals surface area contributed by atoms with Crippen LogP contribution in [0.5, 0.6) is 0 Å². The quantitative estimate of drug-likeness (QED) is 0.542. The summed E-state index contributed by atoms with van der Waals surface area (Å²) >= 11 is 0. The summed E-state index contributed by atoms with van der Waals surface area (Å²) in [6.45, 7) is 5.17. The smallest absolute Gasteiger partial charge is 0.306 e. The molecule has 4 fully saturated rings. The number of hydrogen-bond acceptors (Lipinski definition) is 6. The predicted molar refractivity (Wildman–Crippen MR) is 69.9 cm³/mol. The molecule has 1 aliphatic carbocycles. The van der Waals surface area contributed by atoms with Gasteiger partial charge in [0, 0.05) is 11.8 Å². The number of aliphatic hydroxyl groups is 3. The van der Waals surface area contributed by atoms with E-state index in [1.54, 1.807) is 6.92 Å². The van der Waals surface area contributed by atoms with Gasteiger partial charge in [-0.15, -0.1) is 0 Å². The molecule has 7 atom stereocenters. The van der Waals surface area contributed by atoms with Gasteiger partial charge in [-0.3, -0.25) is 4.79 Å². The van der Waals surface area contributed by atoms with Crippen LogP contribution in [0.25, 0.3) is 0 Å². The summed E-state index contributed by atoms with van der Waals surface area (Å²) < 4.78 is 11.3. The van der Waals surface area contributed by atoms with Crippen LogP contribution in [0.4, 0.5) is 0 Å². The first-order valence-electron chi connectivity index (χ1n) is 7.55. The van der Waals surface area contributed by atoms with Crippen LogP contribution >= 0.6 is 0 Å². The molecule has 0 aromatic carbocycles. The number of esters is 1. The third-order valence-corrected chi connectivity index (χ3v) is 7.25. The fourth-order valence-electron chi connectivity index (χ4n) is 5.87. The third-order valence-electron chi connectivity index (χ3n) is 7.25. The summed E-state index contributed by atoms with van der Waals surface area (Å²) in [4.78, 5) is 12.1. The van der Waals surface area contributed by atoms with Crippen LogP contribution in [-0.2, 0) is 14.3 Å². The van der Waals surface area contributed by atoms with E-state index in [1.165, 1.54) is 6.92 Å². The standard InChI is InChI=1S/C15H22O6/c1-8-4-9(16)15-11(2)7-20-10(17)5-13(8,15)6-14(19,21-15)12(11,3)18/h8-9,16,18-19H,4-7H2,1-3H3/t8-,9+,11-,12-,13+,14+,15+/m1/s1. The van der Waals surface area contributed by atoms with E-state index in [9.17, 15) is 20.1 Å².